The quantitative estimate of drug-likeness (QED) is 0.765. The standard InChI is InChI=1S/C18H20F2N2O4.C2H6/c19-18(20)10-22(9-16(24)25)8-7-14(18)12-3-1-11(2-4-12)13-5-6-15(23)21-17(13)26;1-2/h1-4,13-14H,5-10H2,(H,24,25)(H,21,23,26);1-2H3. The van der Waals surface area contributed by atoms with Gasteiger partial charge in [-0.25, -0.2) is 8.78 Å². The first-order valence-electron chi connectivity index (χ1n) is 9.52. The summed E-state index contributed by atoms with van der Waals surface area (Å²) >= 11 is 0. The topological polar surface area (TPSA) is 86.7 Å². The maximum Gasteiger partial charge on any atom is 0.317 e. The summed E-state index contributed by atoms with van der Waals surface area (Å²) in [6.07, 6.45) is 0.837. The molecule has 1 aromatic rings. The number of benzene rings is 1. The van der Waals surface area contributed by atoms with E-state index in [-0.39, 0.29) is 24.7 Å². The second-order valence-corrected chi connectivity index (χ2v) is 6.88. The van der Waals surface area contributed by atoms with E-state index in [2.05, 4.69) is 5.32 Å². The van der Waals surface area contributed by atoms with Crippen LogP contribution >= 0.6 is 0 Å². The zero-order chi connectivity index (χ0) is 20.9. The summed E-state index contributed by atoms with van der Waals surface area (Å²) in [6, 6.07) is 6.53. The zero-order valence-electron chi connectivity index (χ0n) is 16.1. The van der Waals surface area contributed by atoms with Crippen molar-refractivity contribution in [3.63, 3.8) is 0 Å². The van der Waals surface area contributed by atoms with E-state index >= 15 is 0 Å². The van der Waals surface area contributed by atoms with Crippen molar-refractivity contribution in [3.05, 3.63) is 35.4 Å². The average molecular weight is 396 g/mol. The smallest absolute Gasteiger partial charge is 0.317 e. The number of likely N-dealkylation sites (tertiary alicyclic amines) is 1. The molecule has 2 heterocycles. The number of carboxylic acids is 1. The van der Waals surface area contributed by atoms with Crippen LogP contribution in [-0.4, -0.2) is 53.3 Å². The molecule has 6 nitrogen and oxygen atoms in total. The van der Waals surface area contributed by atoms with Crippen LogP contribution in [0.1, 0.15) is 56.1 Å². The van der Waals surface area contributed by atoms with Crippen LogP contribution in [0.5, 0.6) is 0 Å². The Labute approximate surface area is 162 Å². The van der Waals surface area contributed by atoms with Crippen LogP contribution in [0.15, 0.2) is 24.3 Å². The van der Waals surface area contributed by atoms with Crippen molar-refractivity contribution >= 4 is 17.8 Å². The minimum Gasteiger partial charge on any atom is -0.480 e. The first-order valence-corrected chi connectivity index (χ1v) is 9.52. The molecule has 0 bridgehead atoms. The lowest BCUT2D eigenvalue weighted by atomic mass is 9.84. The SMILES string of the molecule is CC.O=C(O)CN1CCC(c2ccc(C3CCC(=O)NC3=O)cc2)C(F)(F)C1. The molecule has 0 aliphatic carbocycles. The summed E-state index contributed by atoms with van der Waals surface area (Å²) in [5.74, 6) is -6.23. The summed E-state index contributed by atoms with van der Waals surface area (Å²) in [7, 11) is 0. The molecule has 0 radical (unpaired) electrons. The Morgan fingerprint density at radius 3 is 2.32 bits per heavy atom. The van der Waals surface area contributed by atoms with Crippen molar-refractivity contribution in [1.82, 2.24) is 10.2 Å². The van der Waals surface area contributed by atoms with E-state index in [0.29, 0.717) is 24.1 Å². The van der Waals surface area contributed by atoms with Gasteiger partial charge in [0.15, 0.2) is 0 Å². The van der Waals surface area contributed by atoms with Crippen LogP contribution in [0.3, 0.4) is 0 Å². The van der Waals surface area contributed by atoms with E-state index in [1.165, 1.54) is 4.90 Å². The number of carboxylic acid groups (broad SMARTS) is 1. The number of hydrogen-bond acceptors (Lipinski definition) is 4. The normalized spacial score (nSPS) is 24.7. The van der Waals surface area contributed by atoms with Gasteiger partial charge in [0.25, 0.3) is 5.92 Å². The van der Waals surface area contributed by atoms with Gasteiger partial charge in [-0.15, -0.1) is 0 Å². The molecule has 1 aromatic carbocycles. The Morgan fingerprint density at radius 2 is 1.79 bits per heavy atom. The molecule has 2 saturated heterocycles. The van der Waals surface area contributed by atoms with Crippen LogP contribution in [0.25, 0.3) is 0 Å². The fourth-order valence-electron chi connectivity index (χ4n) is 3.72. The Bertz CT molecular complexity index is 721. The van der Waals surface area contributed by atoms with Crippen LogP contribution < -0.4 is 5.32 Å². The largest absolute Gasteiger partial charge is 0.480 e. The number of nitrogens with one attached hydrogen (secondary N) is 1. The number of hydrogen-bond donors (Lipinski definition) is 2. The molecule has 2 N–H and O–H groups in total. The summed E-state index contributed by atoms with van der Waals surface area (Å²) in [5, 5.41) is 11.1. The molecule has 2 aliphatic rings. The summed E-state index contributed by atoms with van der Waals surface area (Å²) in [4.78, 5) is 35.1. The summed E-state index contributed by atoms with van der Waals surface area (Å²) in [6.45, 7) is 3.32. The van der Waals surface area contributed by atoms with Crippen molar-refractivity contribution in [2.24, 2.45) is 0 Å². The van der Waals surface area contributed by atoms with Gasteiger partial charge in [0.1, 0.15) is 0 Å². The fourth-order valence-corrected chi connectivity index (χ4v) is 3.72. The van der Waals surface area contributed by atoms with E-state index in [0.717, 1.165) is 0 Å². The number of nitrogens with zero attached hydrogens (tertiary/aromatic N) is 1. The number of imide groups is 1. The second kappa shape index (κ2) is 9.23. The van der Waals surface area contributed by atoms with Gasteiger partial charge in [-0.2, -0.15) is 0 Å². The number of amides is 2. The van der Waals surface area contributed by atoms with Gasteiger partial charge < -0.3 is 5.11 Å². The summed E-state index contributed by atoms with van der Waals surface area (Å²) in [5.41, 5.74) is 1.17. The van der Waals surface area contributed by atoms with Crippen LogP contribution in [-0.2, 0) is 14.4 Å². The minimum atomic E-state index is -3.02. The van der Waals surface area contributed by atoms with E-state index in [4.69, 9.17) is 5.11 Å². The van der Waals surface area contributed by atoms with Gasteiger partial charge >= 0.3 is 5.97 Å². The van der Waals surface area contributed by atoms with Gasteiger partial charge in [-0.05, 0) is 30.5 Å². The van der Waals surface area contributed by atoms with Crippen molar-refractivity contribution in [2.45, 2.75) is 50.9 Å². The highest BCUT2D eigenvalue weighted by molar-refractivity contribution is 6.00. The van der Waals surface area contributed by atoms with Crippen molar-refractivity contribution in [3.8, 4) is 0 Å². The van der Waals surface area contributed by atoms with Gasteiger partial charge in [0.2, 0.25) is 11.8 Å². The second-order valence-electron chi connectivity index (χ2n) is 6.88. The Morgan fingerprint density at radius 1 is 1.18 bits per heavy atom. The third-order valence-electron chi connectivity index (χ3n) is 5.02. The fraction of sp³-hybridized carbons (Fsp3) is 0.550. The van der Waals surface area contributed by atoms with Crippen molar-refractivity contribution < 1.29 is 28.3 Å². The molecule has 8 heteroatoms. The Balaban J connectivity index is 0.00000136. The number of halogens is 2. The molecule has 0 spiro atoms. The van der Waals surface area contributed by atoms with Crippen LogP contribution in [0.4, 0.5) is 8.78 Å². The third kappa shape index (κ3) is 5.13. The zero-order valence-corrected chi connectivity index (χ0v) is 16.1. The summed E-state index contributed by atoms with van der Waals surface area (Å²) < 4.78 is 29.0. The molecule has 2 amide bonds. The van der Waals surface area contributed by atoms with Crippen LogP contribution in [0.2, 0.25) is 0 Å². The maximum absolute atomic E-state index is 14.5. The first-order chi connectivity index (χ1) is 13.3. The molecule has 2 atom stereocenters. The maximum atomic E-state index is 14.5. The van der Waals surface area contributed by atoms with E-state index in [9.17, 15) is 23.2 Å². The first kappa shape index (κ1) is 21.9. The number of aliphatic carboxylic acids is 1. The number of piperidine rings is 2. The molecule has 3 rings (SSSR count). The lowest BCUT2D eigenvalue weighted by Crippen LogP contribution is -2.48. The molecule has 0 saturated carbocycles. The number of carbonyl (C=O) groups excluding carboxylic acids is 2. The van der Waals surface area contributed by atoms with E-state index in [1.807, 2.05) is 13.8 Å². The molecule has 2 aliphatic heterocycles. The number of rotatable bonds is 4. The monoisotopic (exact) mass is 396 g/mol. The molecular formula is C20H26F2N2O4. The Kier molecular flexibility index (Phi) is 7.23. The van der Waals surface area contributed by atoms with Gasteiger partial charge in [-0.1, -0.05) is 38.1 Å². The van der Waals surface area contributed by atoms with E-state index < -0.39 is 36.8 Å². The molecule has 2 fully saturated rings. The van der Waals surface area contributed by atoms with Crippen LogP contribution in [0, 0.1) is 0 Å². The third-order valence-corrected chi connectivity index (χ3v) is 5.02. The highest BCUT2D eigenvalue weighted by Crippen LogP contribution is 2.40. The van der Waals surface area contributed by atoms with E-state index in [1.54, 1.807) is 24.3 Å². The number of carbonyl (C=O) groups is 3. The average Bonchev–Trinajstić information content (AvgIpc) is 2.63. The Hall–Kier alpha value is -2.35. The molecular weight excluding hydrogens is 370 g/mol. The lowest BCUT2D eigenvalue weighted by Gasteiger charge is -2.38. The molecule has 154 valence electrons. The molecule has 28 heavy (non-hydrogen) atoms. The van der Waals surface area contributed by atoms with Gasteiger partial charge in [-0.3, -0.25) is 24.6 Å². The highest BCUT2D eigenvalue weighted by atomic mass is 19.3. The highest BCUT2D eigenvalue weighted by Gasteiger charge is 2.45. The lowest BCUT2D eigenvalue weighted by molar-refractivity contribution is -0.142. The van der Waals surface area contributed by atoms with Gasteiger partial charge in [0.05, 0.1) is 24.9 Å². The molecule has 2 unspecified atom stereocenters. The van der Waals surface area contributed by atoms with Crippen molar-refractivity contribution in [2.75, 3.05) is 19.6 Å². The predicted molar refractivity (Wildman–Crippen MR) is 99.3 cm³/mol. The number of alkyl halides is 2. The van der Waals surface area contributed by atoms with Crippen molar-refractivity contribution in [1.29, 1.82) is 0 Å². The molecule has 0 aromatic heterocycles. The van der Waals surface area contributed by atoms with Gasteiger partial charge in [0, 0.05) is 6.42 Å². The predicted octanol–water partition coefficient (Wildman–Crippen LogP) is 2.74. The minimum absolute atomic E-state index is 0.165.